The molecule has 0 aliphatic carbocycles. The van der Waals surface area contributed by atoms with E-state index in [0.29, 0.717) is 19.0 Å². The second-order valence-corrected chi connectivity index (χ2v) is 4.99. The van der Waals surface area contributed by atoms with Gasteiger partial charge in [0, 0.05) is 32.7 Å². The Morgan fingerprint density at radius 3 is 3.05 bits per heavy atom. The summed E-state index contributed by atoms with van der Waals surface area (Å²) in [6, 6.07) is 3.22. The van der Waals surface area contributed by atoms with E-state index in [1.807, 2.05) is 0 Å². The van der Waals surface area contributed by atoms with Gasteiger partial charge >= 0.3 is 0 Å². The van der Waals surface area contributed by atoms with E-state index in [0.717, 1.165) is 19.4 Å². The van der Waals surface area contributed by atoms with Crippen molar-refractivity contribution in [2.45, 2.75) is 19.3 Å². The van der Waals surface area contributed by atoms with Crippen LogP contribution in [0.2, 0.25) is 0 Å². The molecule has 6 nitrogen and oxygen atoms in total. The monoisotopic (exact) mass is 280 g/mol. The van der Waals surface area contributed by atoms with E-state index in [1.54, 1.807) is 17.0 Å². The molecule has 0 radical (unpaired) electrons. The first-order chi connectivity index (χ1) is 9.70. The second-order valence-electron chi connectivity index (χ2n) is 4.99. The van der Waals surface area contributed by atoms with Gasteiger partial charge in [-0.05, 0) is 30.9 Å². The lowest BCUT2D eigenvalue weighted by Gasteiger charge is -2.16. The first-order valence-corrected chi connectivity index (χ1v) is 6.91. The van der Waals surface area contributed by atoms with E-state index in [9.17, 15) is 9.59 Å². The van der Waals surface area contributed by atoms with Crippen LogP contribution < -0.4 is 5.32 Å². The average molecular weight is 280 g/mol. The van der Waals surface area contributed by atoms with Crippen LogP contribution in [0.4, 0.5) is 0 Å². The molecule has 2 rings (SSSR count). The van der Waals surface area contributed by atoms with Gasteiger partial charge in [0.15, 0.2) is 5.76 Å². The van der Waals surface area contributed by atoms with Crippen molar-refractivity contribution in [3.63, 3.8) is 0 Å². The van der Waals surface area contributed by atoms with Gasteiger partial charge < -0.3 is 19.7 Å². The summed E-state index contributed by atoms with van der Waals surface area (Å²) in [4.78, 5) is 25.3. The van der Waals surface area contributed by atoms with Crippen molar-refractivity contribution in [2.24, 2.45) is 5.92 Å². The van der Waals surface area contributed by atoms with Crippen molar-refractivity contribution in [3.8, 4) is 0 Å². The maximum Gasteiger partial charge on any atom is 0.286 e. The Labute approximate surface area is 117 Å². The maximum atomic E-state index is 12.0. The average Bonchev–Trinajstić information content (AvgIpc) is 3.10. The number of nitrogens with one attached hydrogen (secondary N) is 1. The van der Waals surface area contributed by atoms with E-state index < -0.39 is 0 Å². The van der Waals surface area contributed by atoms with Crippen LogP contribution in [-0.2, 0) is 4.79 Å². The van der Waals surface area contributed by atoms with Gasteiger partial charge in [-0.15, -0.1) is 0 Å². The lowest BCUT2D eigenvalue weighted by atomic mass is 10.1. The third kappa shape index (κ3) is 3.84. The molecule has 6 heteroatoms. The van der Waals surface area contributed by atoms with Gasteiger partial charge in [0.1, 0.15) is 0 Å². The summed E-state index contributed by atoms with van der Waals surface area (Å²) in [5.74, 6) is 0.399. The van der Waals surface area contributed by atoms with Crippen molar-refractivity contribution < 1.29 is 19.1 Å². The van der Waals surface area contributed by atoms with Crippen molar-refractivity contribution >= 4 is 11.8 Å². The van der Waals surface area contributed by atoms with Gasteiger partial charge in [0.2, 0.25) is 5.91 Å². The predicted octanol–water partition coefficient (Wildman–Crippen LogP) is 0.630. The largest absolute Gasteiger partial charge is 0.459 e. The highest BCUT2D eigenvalue weighted by Crippen LogP contribution is 2.19. The molecule has 2 amide bonds. The molecule has 1 aromatic heterocycles. The molecule has 0 saturated carbocycles. The van der Waals surface area contributed by atoms with Crippen molar-refractivity contribution in [3.05, 3.63) is 24.2 Å². The Balaban J connectivity index is 1.67. The molecule has 1 aliphatic rings. The first kappa shape index (κ1) is 14.6. The number of carbonyl (C=O) groups is 2. The fourth-order valence-electron chi connectivity index (χ4n) is 2.41. The Hall–Kier alpha value is -1.82. The van der Waals surface area contributed by atoms with Crippen molar-refractivity contribution in [1.29, 1.82) is 0 Å². The molecule has 0 bridgehead atoms. The summed E-state index contributed by atoms with van der Waals surface area (Å²) in [6.07, 6.45) is 3.42. The number of carbonyl (C=O) groups excluding carboxylic acids is 2. The molecule has 2 N–H and O–H groups in total. The second kappa shape index (κ2) is 7.09. The Bertz CT molecular complexity index is 444. The number of hydrogen-bond acceptors (Lipinski definition) is 4. The number of hydrogen-bond donors (Lipinski definition) is 2. The van der Waals surface area contributed by atoms with Gasteiger partial charge in [0.05, 0.1) is 6.26 Å². The molecule has 1 fully saturated rings. The minimum atomic E-state index is -0.303. The molecular formula is C14H20N2O4. The smallest absolute Gasteiger partial charge is 0.286 e. The van der Waals surface area contributed by atoms with E-state index in [2.05, 4.69) is 5.32 Å². The normalized spacial score (nSPS) is 18.2. The summed E-state index contributed by atoms with van der Waals surface area (Å²) < 4.78 is 4.96. The predicted molar refractivity (Wildman–Crippen MR) is 72.0 cm³/mol. The highest BCUT2D eigenvalue weighted by Gasteiger charge is 2.25. The minimum absolute atomic E-state index is 0.0465. The zero-order valence-corrected chi connectivity index (χ0v) is 11.4. The van der Waals surface area contributed by atoms with Gasteiger partial charge in [-0.25, -0.2) is 0 Å². The van der Waals surface area contributed by atoms with Gasteiger partial charge in [-0.2, -0.15) is 0 Å². The molecule has 0 aromatic carbocycles. The minimum Gasteiger partial charge on any atom is -0.459 e. The molecule has 2 heterocycles. The summed E-state index contributed by atoms with van der Waals surface area (Å²) in [5, 5.41) is 11.5. The van der Waals surface area contributed by atoms with Gasteiger partial charge in [0.25, 0.3) is 5.91 Å². The SMILES string of the molecule is O=C(NCCC(=O)N1CCC(CCO)C1)c1ccco1. The number of likely N-dealkylation sites (tertiary alicyclic amines) is 1. The molecule has 1 saturated heterocycles. The van der Waals surface area contributed by atoms with Crippen LogP contribution in [0.3, 0.4) is 0 Å². The summed E-state index contributed by atoms with van der Waals surface area (Å²) in [5.41, 5.74) is 0. The fraction of sp³-hybridized carbons (Fsp3) is 0.571. The van der Waals surface area contributed by atoms with E-state index in [-0.39, 0.29) is 30.6 Å². The Kier molecular flexibility index (Phi) is 5.17. The number of rotatable bonds is 6. The molecule has 1 unspecified atom stereocenters. The van der Waals surface area contributed by atoms with E-state index in [4.69, 9.17) is 9.52 Å². The Morgan fingerprint density at radius 2 is 2.35 bits per heavy atom. The van der Waals surface area contributed by atoms with Crippen LogP contribution in [0.1, 0.15) is 29.8 Å². The third-order valence-corrected chi connectivity index (χ3v) is 3.55. The molecule has 20 heavy (non-hydrogen) atoms. The van der Waals surface area contributed by atoms with Gasteiger partial charge in [-0.1, -0.05) is 0 Å². The highest BCUT2D eigenvalue weighted by molar-refractivity contribution is 5.91. The quantitative estimate of drug-likeness (QED) is 0.800. The standard InChI is InChI=1S/C14H20N2O4/c17-8-5-11-4-7-16(10-11)13(18)3-6-15-14(19)12-2-1-9-20-12/h1-2,9,11,17H,3-8,10H2,(H,15,19). The van der Waals surface area contributed by atoms with Crippen LogP contribution in [0.25, 0.3) is 0 Å². The highest BCUT2D eigenvalue weighted by atomic mass is 16.3. The molecule has 1 atom stereocenters. The van der Waals surface area contributed by atoms with Gasteiger partial charge in [-0.3, -0.25) is 9.59 Å². The first-order valence-electron chi connectivity index (χ1n) is 6.91. The van der Waals surface area contributed by atoms with Crippen LogP contribution in [0, 0.1) is 5.92 Å². The number of amides is 2. The van der Waals surface area contributed by atoms with Crippen LogP contribution >= 0.6 is 0 Å². The molecule has 1 aromatic rings. The van der Waals surface area contributed by atoms with Crippen LogP contribution in [0.15, 0.2) is 22.8 Å². The number of aliphatic hydroxyl groups is 1. The topological polar surface area (TPSA) is 82.8 Å². The third-order valence-electron chi connectivity index (χ3n) is 3.55. The summed E-state index contributed by atoms with van der Waals surface area (Å²) in [7, 11) is 0. The van der Waals surface area contributed by atoms with Crippen molar-refractivity contribution in [2.75, 3.05) is 26.2 Å². The Morgan fingerprint density at radius 1 is 1.50 bits per heavy atom. The lowest BCUT2D eigenvalue weighted by molar-refractivity contribution is -0.130. The summed E-state index contributed by atoms with van der Waals surface area (Å²) in [6.45, 7) is 1.94. The number of aliphatic hydroxyl groups excluding tert-OH is 1. The van der Waals surface area contributed by atoms with Crippen LogP contribution in [0.5, 0.6) is 0 Å². The van der Waals surface area contributed by atoms with Crippen LogP contribution in [-0.4, -0.2) is 48.1 Å². The van der Waals surface area contributed by atoms with E-state index in [1.165, 1.54) is 6.26 Å². The van der Waals surface area contributed by atoms with E-state index >= 15 is 0 Å². The molecular weight excluding hydrogens is 260 g/mol. The lowest BCUT2D eigenvalue weighted by Crippen LogP contribution is -2.33. The number of furan rings is 1. The summed E-state index contributed by atoms with van der Waals surface area (Å²) >= 11 is 0. The zero-order valence-electron chi connectivity index (χ0n) is 11.4. The zero-order chi connectivity index (χ0) is 14.4. The maximum absolute atomic E-state index is 12.0. The van der Waals surface area contributed by atoms with Crippen molar-refractivity contribution in [1.82, 2.24) is 10.2 Å². The molecule has 0 spiro atoms. The molecule has 110 valence electrons. The number of nitrogens with zero attached hydrogens (tertiary/aromatic N) is 1. The fourth-order valence-corrected chi connectivity index (χ4v) is 2.41. The molecule has 1 aliphatic heterocycles.